The molecule has 0 saturated heterocycles. The van der Waals surface area contributed by atoms with Crippen molar-refractivity contribution >= 4 is 23.2 Å². The maximum absolute atomic E-state index is 12.9. The third-order valence-electron chi connectivity index (χ3n) is 4.96. The standard InChI is InChI=1S/C22H26N2O3/c1-5-27-18-8-6-17(7-9-18)23-20(25)22(10-11-22)21(26)24-19-15(3)12-14(2)13-16(19)4/h6-9,12-13H,5,10-11H2,1-4H3,(H,23,25)(H,24,26). The Labute approximate surface area is 160 Å². The number of ether oxygens (including phenoxy) is 1. The maximum atomic E-state index is 12.9. The SMILES string of the molecule is CCOc1ccc(NC(=O)C2(C(=O)Nc3c(C)cc(C)cc3C)CC2)cc1. The van der Waals surface area contributed by atoms with Crippen LogP contribution in [0.2, 0.25) is 0 Å². The van der Waals surface area contributed by atoms with E-state index < -0.39 is 5.41 Å². The molecule has 27 heavy (non-hydrogen) atoms. The predicted molar refractivity (Wildman–Crippen MR) is 107 cm³/mol. The molecule has 0 radical (unpaired) electrons. The molecule has 1 saturated carbocycles. The molecule has 142 valence electrons. The lowest BCUT2D eigenvalue weighted by Crippen LogP contribution is -2.36. The van der Waals surface area contributed by atoms with Crippen LogP contribution in [0.3, 0.4) is 0 Å². The molecule has 0 atom stereocenters. The van der Waals surface area contributed by atoms with Gasteiger partial charge in [-0.05, 0) is 75.9 Å². The van der Waals surface area contributed by atoms with Gasteiger partial charge in [0, 0.05) is 11.4 Å². The van der Waals surface area contributed by atoms with Crippen LogP contribution in [0.15, 0.2) is 36.4 Å². The Balaban J connectivity index is 1.70. The van der Waals surface area contributed by atoms with Crippen molar-refractivity contribution in [1.82, 2.24) is 0 Å². The van der Waals surface area contributed by atoms with Gasteiger partial charge in [-0.3, -0.25) is 9.59 Å². The van der Waals surface area contributed by atoms with Crippen molar-refractivity contribution in [3.8, 4) is 5.75 Å². The first-order chi connectivity index (χ1) is 12.9. The molecule has 0 aliphatic heterocycles. The summed E-state index contributed by atoms with van der Waals surface area (Å²) < 4.78 is 5.40. The highest BCUT2D eigenvalue weighted by molar-refractivity contribution is 6.17. The van der Waals surface area contributed by atoms with Crippen molar-refractivity contribution in [2.45, 2.75) is 40.5 Å². The number of carbonyl (C=O) groups is 2. The Morgan fingerprint density at radius 2 is 1.52 bits per heavy atom. The Hall–Kier alpha value is -2.82. The molecule has 5 heteroatoms. The van der Waals surface area contributed by atoms with Gasteiger partial charge in [0.15, 0.2) is 0 Å². The van der Waals surface area contributed by atoms with Crippen LogP contribution in [0.1, 0.15) is 36.5 Å². The van der Waals surface area contributed by atoms with Gasteiger partial charge in [-0.25, -0.2) is 0 Å². The quantitative estimate of drug-likeness (QED) is 0.746. The van der Waals surface area contributed by atoms with Gasteiger partial charge < -0.3 is 15.4 Å². The molecular formula is C22H26N2O3. The van der Waals surface area contributed by atoms with Crippen LogP contribution in [0.5, 0.6) is 5.75 Å². The first-order valence-electron chi connectivity index (χ1n) is 9.29. The summed E-state index contributed by atoms with van der Waals surface area (Å²) in [5.41, 5.74) is 3.63. The Morgan fingerprint density at radius 1 is 0.963 bits per heavy atom. The van der Waals surface area contributed by atoms with Gasteiger partial charge in [0.2, 0.25) is 11.8 Å². The molecule has 1 aliphatic rings. The zero-order valence-corrected chi connectivity index (χ0v) is 16.3. The molecule has 2 N–H and O–H groups in total. The number of rotatable bonds is 6. The normalized spacial score (nSPS) is 14.4. The highest BCUT2D eigenvalue weighted by Crippen LogP contribution is 2.47. The number of amides is 2. The van der Waals surface area contributed by atoms with Crippen LogP contribution in [-0.2, 0) is 9.59 Å². The predicted octanol–water partition coefficient (Wildman–Crippen LogP) is 4.37. The number of anilines is 2. The van der Waals surface area contributed by atoms with Crippen molar-refractivity contribution in [2.24, 2.45) is 5.41 Å². The van der Waals surface area contributed by atoms with E-state index in [0.29, 0.717) is 25.1 Å². The molecule has 2 aromatic carbocycles. The van der Waals surface area contributed by atoms with Crippen LogP contribution < -0.4 is 15.4 Å². The molecule has 3 rings (SSSR count). The van der Waals surface area contributed by atoms with Crippen molar-refractivity contribution in [3.05, 3.63) is 53.1 Å². The lowest BCUT2D eigenvalue weighted by atomic mass is 10.0. The second-order valence-electron chi connectivity index (χ2n) is 7.22. The van der Waals surface area contributed by atoms with Gasteiger partial charge in [-0.1, -0.05) is 17.7 Å². The van der Waals surface area contributed by atoms with Crippen LogP contribution in [0.4, 0.5) is 11.4 Å². The maximum Gasteiger partial charge on any atom is 0.240 e. The molecule has 2 aromatic rings. The molecule has 2 amide bonds. The van der Waals surface area contributed by atoms with Gasteiger partial charge in [0.25, 0.3) is 0 Å². The molecule has 0 spiro atoms. The van der Waals surface area contributed by atoms with Crippen molar-refractivity contribution in [1.29, 1.82) is 0 Å². The van der Waals surface area contributed by atoms with Gasteiger partial charge in [-0.2, -0.15) is 0 Å². The fraction of sp³-hybridized carbons (Fsp3) is 0.364. The summed E-state index contributed by atoms with van der Waals surface area (Å²) >= 11 is 0. The molecule has 0 aromatic heterocycles. The number of carbonyl (C=O) groups excluding carboxylic acids is 2. The van der Waals surface area contributed by atoms with Crippen LogP contribution in [0, 0.1) is 26.2 Å². The fourth-order valence-electron chi connectivity index (χ4n) is 3.34. The Kier molecular flexibility index (Phi) is 5.22. The minimum atomic E-state index is -0.984. The highest BCUT2D eigenvalue weighted by Gasteiger charge is 2.56. The summed E-state index contributed by atoms with van der Waals surface area (Å²) in [6.07, 6.45) is 1.12. The van der Waals surface area contributed by atoms with E-state index in [0.717, 1.165) is 28.1 Å². The van der Waals surface area contributed by atoms with E-state index in [1.165, 1.54) is 0 Å². The minimum absolute atomic E-state index is 0.235. The van der Waals surface area contributed by atoms with Crippen molar-refractivity contribution < 1.29 is 14.3 Å². The third kappa shape index (κ3) is 3.97. The van der Waals surface area contributed by atoms with E-state index in [4.69, 9.17) is 4.74 Å². The fourth-order valence-corrected chi connectivity index (χ4v) is 3.34. The monoisotopic (exact) mass is 366 g/mol. The number of hydrogen-bond donors (Lipinski definition) is 2. The van der Waals surface area contributed by atoms with E-state index >= 15 is 0 Å². The van der Waals surface area contributed by atoms with Crippen LogP contribution in [-0.4, -0.2) is 18.4 Å². The third-order valence-corrected chi connectivity index (χ3v) is 4.96. The topological polar surface area (TPSA) is 67.4 Å². The summed E-state index contributed by atoms with van der Waals surface area (Å²) in [5, 5.41) is 5.84. The molecule has 5 nitrogen and oxygen atoms in total. The van der Waals surface area contributed by atoms with E-state index in [1.807, 2.05) is 39.8 Å². The summed E-state index contributed by atoms with van der Waals surface area (Å²) in [6, 6.07) is 11.2. The van der Waals surface area contributed by atoms with Gasteiger partial charge in [0.1, 0.15) is 11.2 Å². The smallest absolute Gasteiger partial charge is 0.240 e. The second-order valence-corrected chi connectivity index (χ2v) is 7.22. The molecule has 0 heterocycles. The number of benzene rings is 2. The molecule has 1 aliphatic carbocycles. The second kappa shape index (κ2) is 7.43. The molecule has 0 bridgehead atoms. The number of nitrogens with one attached hydrogen (secondary N) is 2. The summed E-state index contributed by atoms with van der Waals surface area (Å²) in [5.74, 6) is 0.257. The molecule has 1 fully saturated rings. The summed E-state index contributed by atoms with van der Waals surface area (Å²) in [6.45, 7) is 8.47. The summed E-state index contributed by atoms with van der Waals surface area (Å²) in [7, 11) is 0. The van der Waals surface area contributed by atoms with Gasteiger partial charge in [-0.15, -0.1) is 0 Å². The summed E-state index contributed by atoms with van der Waals surface area (Å²) in [4.78, 5) is 25.6. The van der Waals surface area contributed by atoms with Gasteiger partial charge >= 0.3 is 0 Å². The lowest BCUT2D eigenvalue weighted by Gasteiger charge is -2.18. The van der Waals surface area contributed by atoms with E-state index in [-0.39, 0.29) is 11.8 Å². The Bertz CT molecular complexity index is 845. The Morgan fingerprint density at radius 3 is 2.04 bits per heavy atom. The van der Waals surface area contributed by atoms with E-state index in [9.17, 15) is 9.59 Å². The van der Waals surface area contributed by atoms with Gasteiger partial charge in [0.05, 0.1) is 6.61 Å². The average molecular weight is 366 g/mol. The van der Waals surface area contributed by atoms with E-state index in [2.05, 4.69) is 10.6 Å². The largest absolute Gasteiger partial charge is 0.494 e. The van der Waals surface area contributed by atoms with Crippen molar-refractivity contribution in [3.63, 3.8) is 0 Å². The zero-order valence-electron chi connectivity index (χ0n) is 16.3. The van der Waals surface area contributed by atoms with E-state index in [1.54, 1.807) is 24.3 Å². The minimum Gasteiger partial charge on any atom is -0.494 e. The van der Waals surface area contributed by atoms with Crippen LogP contribution in [0.25, 0.3) is 0 Å². The van der Waals surface area contributed by atoms with Crippen molar-refractivity contribution in [2.75, 3.05) is 17.2 Å². The average Bonchev–Trinajstić information content (AvgIpc) is 3.42. The molecular weight excluding hydrogens is 340 g/mol. The zero-order chi connectivity index (χ0) is 19.6. The van der Waals surface area contributed by atoms with Crippen LogP contribution >= 0.6 is 0 Å². The highest BCUT2D eigenvalue weighted by atomic mass is 16.5. The first-order valence-corrected chi connectivity index (χ1v) is 9.29. The number of hydrogen-bond acceptors (Lipinski definition) is 3. The number of aryl methyl sites for hydroxylation is 3. The first kappa shape index (κ1) is 19.0. The lowest BCUT2D eigenvalue weighted by molar-refractivity contribution is -0.131. The molecule has 0 unspecified atom stereocenters.